The van der Waals surface area contributed by atoms with Crippen molar-refractivity contribution in [1.82, 2.24) is 9.88 Å². The molecule has 1 atom stereocenters. The van der Waals surface area contributed by atoms with Crippen molar-refractivity contribution in [3.05, 3.63) is 36.5 Å². The van der Waals surface area contributed by atoms with Crippen LogP contribution in [0.2, 0.25) is 0 Å². The van der Waals surface area contributed by atoms with Crippen LogP contribution in [-0.2, 0) is 16.1 Å². The lowest BCUT2D eigenvalue weighted by Crippen LogP contribution is -2.41. The number of rotatable bonds is 6. The third-order valence-corrected chi connectivity index (χ3v) is 3.19. The van der Waals surface area contributed by atoms with Crippen LogP contribution in [0.15, 0.2) is 36.5 Å². The number of benzene rings is 1. The van der Waals surface area contributed by atoms with E-state index < -0.39 is 0 Å². The summed E-state index contributed by atoms with van der Waals surface area (Å²) in [6.45, 7) is 3.46. The van der Waals surface area contributed by atoms with Crippen molar-refractivity contribution in [2.75, 3.05) is 13.7 Å². The molecule has 1 aromatic carbocycles. The molecule has 0 aliphatic rings. The lowest BCUT2D eigenvalue weighted by Gasteiger charge is -2.17. The van der Waals surface area contributed by atoms with Gasteiger partial charge >= 0.3 is 5.97 Å². The molecule has 1 aromatic heterocycles. The van der Waals surface area contributed by atoms with Crippen LogP contribution in [-0.4, -0.2) is 30.2 Å². The summed E-state index contributed by atoms with van der Waals surface area (Å²) in [4.78, 5) is 11.8. The normalized spacial score (nSPS) is 12.5. The Morgan fingerprint density at radius 1 is 1.37 bits per heavy atom. The first-order valence-corrected chi connectivity index (χ1v) is 6.61. The number of fused-ring (bicyclic) bond motifs is 1. The number of esters is 1. The van der Waals surface area contributed by atoms with E-state index in [1.807, 2.05) is 18.3 Å². The van der Waals surface area contributed by atoms with Crippen LogP contribution < -0.4 is 5.32 Å². The van der Waals surface area contributed by atoms with Crippen molar-refractivity contribution in [2.45, 2.75) is 25.9 Å². The fourth-order valence-corrected chi connectivity index (χ4v) is 2.18. The summed E-state index contributed by atoms with van der Waals surface area (Å²) in [5.74, 6) is -0.216. The third-order valence-electron chi connectivity index (χ3n) is 3.19. The molecule has 1 unspecified atom stereocenters. The molecule has 0 aliphatic carbocycles. The van der Waals surface area contributed by atoms with Crippen LogP contribution in [0.1, 0.15) is 13.3 Å². The van der Waals surface area contributed by atoms with E-state index in [9.17, 15) is 4.79 Å². The second-order valence-corrected chi connectivity index (χ2v) is 4.56. The number of ether oxygens (including phenoxy) is 1. The van der Waals surface area contributed by atoms with Crippen LogP contribution in [0.25, 0.3) is 10.9 Å². The van der Waals surface area contributed by atoms with Crippen LogP contribution in [0.5, 0.6) is 0 Å². The number of carbonyl (C=O) groups excluding carboxylic acids is 1. The Kier molecular flexibility index (Phi) is 4.58. The fourth-order valence-electron chi connectivity index (χ4n) is 2.18. The number of aromatic nitrogens is 1. The molecular formula is C15H20N2O2. The van der Waals surface area contributed by atoms with Gasteiger partial charge in [-0.15, -0.1) is 0 Å². The summed E-state index contributed by atoms with van der Waals surface area (Å²) in [6.07, 6.45) is 2.99. The van der Waals surface area contributed by atoms with Crippen LogP contribution in [0.3, 0.4) is 0 Å². The Hall–Kier alpha value is -1.81. The Labute approximate surface area is 113 Å². The van der Waals surface area contributed by atoms with Gasteiger partial charge in [0.25, 0.3) is 0 Å². The first-order chi connectivity index (χ1) is 9.26. The van der Waals surface area contributed by atoms with E-state index in [-0.39, 0.29) is 12.0 Å². The largest absolute Gasteiger partial charge is 0.468 e. The monoisotopic (exact) mass is 260 g/mol. The average molecular weight is 260 g/mol. The molecule has 102 valence electrons. The standard InChI is InChI=1S/C15H20N2O2/c1-3-9-16-13(15(18)19-2)11-17-10-8-12-6-4-5-7-14(12)17/h4-8,10,13,16H,3,9,11H2,1-2H3. The molecule has 0 spiro atoms. The number of hydrogen-bond donors (Lipinski definition) is 1. The highest BCUT2D eigenvalue weighted by atomic mass is 16.5. The summed E-state index contributed by atoms with van der Waals surface area (Å²) in [6, 6.07) is 9.90. The molecule has 0 radical (unpaired) electrons. The number of nitrogens with one attached hydrogen (secondary N) is 1. The highest BCUT2D eigenvalue weighted by Gasteiger charge is 2.19. The van der Waals surface area contributed by atoms with Gasteiger partial charge in [-0.05, 0) is 30.5 Å². The van der Waals surface area contributed by atoms with Crippen LogP contribution in [0, 0.1) is 0 Å². The van der Waals surface area contributed by atoms with E-state index in [4.69, 9.17) is 4.74 Å². The SMILES string of the molecule is CCCNC(Cn1ccc2ccccc21)C(=O)OC. The summed E-state index contributed by atoms with van der Waals surface area (Å²) in [5.41, 5.74) is 1.13. The van der Waals surface area contributed by atoms with Crippen molar-refractivity contribution >= 4 is 16.9 Å². The number of nitrogens with zero attached hydrogens (tertiary/aromatic N) is 1. The highest BCUT2D eigenvalue weighted by molar-refractivity contribution is 5.80. The number of carbonyl (C=O) groups is 1. The van der Waals surface area contributed by atoms with Gasteiger partial charge in [-0.2, -0.15) is 0 Å². The average Bonchev–Trinajstić information content (AvgIpc) is 2.86. The first kappa shape index (κ1) is 13.6. The van der Waals surface area contributed by atoms with E-state index in [0.29, 0.717) is 6.54 Å². The summed E-state index contributed by atoms with van der Waals surface area (Å²) in [7, 11) is 1.43. The van der Waals surface area contributed by atoms with Gasteiger partial charge in [-0.1, -0.05) is 25.1 Å². The van der Waals surface area contributed by atoms with Gasteiger partial charge < -0.3 is 14.6 Å². The molecule has 1 N–H and O–H groups in total. The van der Waals surface area contributed by atoms with Crippen LogP contribution >= 0.6 is 0 Å². The second kappa shape index (κ2) is 6.38. The van der Waals surface area contributed by atoms with Gasteiger partial charge in [0.1, 0.15) is 6.04 Å². The molecule has 2 rings (SSSR count). The minimum absolute atomic E-state index is 0.216. The van der Waals surface area contributed by atoms with Crippen LogP contribution in [0.4, 0.5) is 0 Å². The molecule has 0 saturated carbocycles. The van der Waals surface area contributed by atoms with Gasteiger partial charge in [0.15, 0.2) is 0 Å². The quantitative estimate of drug-likeness (QED) is 0.810. The molecule has 1 heterocycles. The fraction of sp³-hybridized carbons (Fsp3) is 0.400. The Morgan fingerprint density at radius 2 is 2.16 bits per heavy atom. The smallest absolute Gasteiger partial charge is 0.324 e. The Bertz CT molecular complexity index is 548. The van der Waals surface area contributed by atoms with Crippen molar-refractivity contribution in [1.29, 1.82) is 0 Å². The third kappa shape index (κ3) is 3.15. The molecule has 4 heteroatoms. The van der Waals surface area contributed by atoms with E-state index >= 15 is 0 Å². The van der Waals surface area contributed by atoms with E-state index in [0.717, 1.165) is 18.5 Å². The van der Waals surface area contributed by atoms with Gasteiger partial charge in [0.2, 0.25) is 0 Å². The summed E-state index contributed by atoms with van der Waals surface area (Å²) < 4.78 is 6.94. The molecule has 0 amide bonds. The number of hydrogen-bond acceptors (Lipinski definition) is 3. The Morgan fingerprint density at radius 3 is 2.89 bits per heavy atom. The summed E-state index contributed by atoms with van der Waals surface area (Å²) >= 11 is 0. The molecular weight excluding hydrogens is 240 g/mol. The lowest BCUT2D eigenvalue weighted by atomic mass is 10.2. The van der Waals surface area contributed by atoms with E-state index in [2.05, 4.69) is 35.0 Å². The maximum Gasteiger partial charge on any atom is 0.324 e. The minimum atomic E-state index is -0.305. The van der Waals surface area contributed by atoms with E-state index in [1.165, 1.54) is 12.5 Å². The maximum atomic E-state index is 11.8. The maximum absolute atomic E-state index is 11.8. The number of methoxy groups -OCH3 is 1. The number of para-hydroxylation sites is 1. The summed E-state index contributed by atoms with van der Waals surface area (Å²) in [5, 5.41) is 4.41. The van der Waals surface area contributed by atoms with Gasteiger partial charge in [-0.25, -0.2) is 0 Å². The predicted molar refractivity (Wildman–Crippen MR) is 76.0 cm³/mol. The first-order valence-electron chi connectivity index (χ1n) is 6.61. The molecule has 4 nitrogen and oxygen atoms in total. The molecule has 0 bridgehead atoms. The zero-order valence-electron chi connectivity index (χ0n) is 11.4. The highest BCUT2D eigenvalue weighted by Crippen LogP contribution is 2.15. The van der Waals surface area contributed by atoms with Crippen molar-refractivity contribution < 1.29 is 9.53 Å². The van der Waals surface area contributed by atoms with Crippen molar-refractivity contribution in [2.24, 2.45) is 0 Å². The zero-order valence-corrected chi connectivity index (χ0v) is 11.4. The molecule has 19 heavy (non-hydrogen) atoms. The van der Waals surface area contributed by atoms with Crippen molar-refractivity contribution in [3.8, 4) is 0 Å². The molecule has 0 fully saturated rings. The predicted octanol–water partition coefficient (Wildman–Crippen LogP) is 2.18. The molecule has 2 aromatic rings. The lowest BCUT2D eigenvalue weighted by molar-refractivity contribution is -0.143. The second-order valence-electron chi connectivity index (χ2n) is 4.56. The Balaban J connectivity index is 2.18. The molecule has 0 aliphatic heterocycles. The van der Waals surface area contributed by atoms with E-state index in [1.54, 1.807) is 0 Å². The topological polar surface area (TPSA) is 43.3 Å². The van der Waals surface area contributed by atoms with Crippen molar-refractivity contribution in [3.63, 3.8) is 0 Å². The van der Waals surface area contributed by atoms with Gasteiger partial charge in [0.05, 0.1) is 7.11 Å². The minimum Gasteiger partial charge on any atom is -0.468 e. The van der Waals surface area contributed by atoms with Gasteiger partial charge in [-0.3, -0.25) is 4.79 Å². The molecule has 0 saturated heterocycles. The zero-order chi connectivity index (χ0) is 13.7. The van der Waals surface area contributed by atoms with Gasteiger partial charge in [0, 0.05) is 18.3 Å².